The number of carbonyl (C=O) groups is 3. The van der Waals surface area contributed by atoms with Crippen LogP contribution in [0.4, 0.5) is 0 Å². The van der Waals surface area contributed by atoms with Gasteiger partial charge in [-0.25, -0.2) is 0 Å². The van der Waals surface area contributed by atoms with E-state index in [-0.39, 0.29) is 37.5 Å². The third-order valence-electron chi connectivity index (χ3n) is 10.8. The van der Waals surface area contributed by atoms with Crippen LogP contribution in [0.15, 0.2) is 97.2 Å². The Morgan fingerprint density at radius 1 is 0.328 bits per heavy atom. The number of rotatable bonds is 46. The summed E-state index contributed by atoms with van der Waals surface area (Å²) in [6.45, 7) is 6.40. The van der Waals surface area contributed by atoms with Crippen LogP contribution in [0.3, 0.4) is 0 Å². The van der Waals surface area contributed by atoms with Gasteiger partial charge in [-0.05, 0) is 116 Å². The van der Waals surface area contributed by atoms with Gasteiger partial charge in [0.05, 0.1) is 0 Å². The van der Waals surface area contributed by atoms with Crippen LogP contribution in [0.2, 0.25) is 0 Å². The fraction of sp³-hybridized carbons (Fsp3) is 0.672. The molecule has 1 atom stereocenters. The normalized spacial score (nSPS) is 12.9. The summed E-state index contributed by atoms with van der Waals surface area (Å²) in [6.07, 6.45) is 68.1. The van der Waals surface area contributed by atoms with Crippen molar-refractivity contribution >= 4 is 17.9 Å². The molecule has 0 amide bonds. The Morgan fingerprint density at radius 2 is 0.625 bits per heavy atom. The van der Waals surface area contributed by atoms with Crippen molar-refractivity contribution < 1.29 is 28.6 Å². The summed E-state index contributed by atoms with van der Waals surface area (Å²) in [4.78, 5) is 38.0. The lowest BCUT2D eigenvalue weighted by Crippen LogP contribution is -2.30. The summed E-state index contributed by atoms with van der Waals surface area (Å²) in [6, 6.07) is 0. The molecule has 0 aliphatic rings. The van der Waals surface area contributed by atoms with Gasteiger partial charge in [0.1, 0.15) is 13.2 Å². The van der Waals surface area contributed by atoms with Crippen LogP contribution in [0, 0.1) is 0 Å². The molecule has 0 radical (unpaired) electrons. The lowest BCUT2D eigenvalue weighted by atomic mass is 10.1. The van der Waals surface area contributed by atoms with Gasteiger partial charge in [0, 0.05) is 19.3 Å². The van der Waals surface area contributed by atoms with Crippen LogP contribution in [-0.4, -0.2) is 37.2 Å². The first-order valence-electron chi connectivity index (χ1n) is 26.2. The second kappa shape index (κ2) is 52.0. The van der Waals surface area contributed by atoms with E-state index in [2.05, 4.69) is 118 Å². The smallest absolute Gasteiger partial charge is 0.306 e. The average molecular weight is 889 g/mol. The molecule has 6 nitrogen and oxygen atoms in total. The molecule has 0 unspecified atom stereocenters. The standard InChI is InChI=1S/C58H96O6/c1-4-7-10-13-16-19-22-25-28-29-31-33-36-39-42-45-48-51-57(60)63-54-55(53-62-56(59)50-47-44-41-38-35-32-27-24-21-18-15-12-9-6-3)64-58(61)52-49-46-43-40-37-34-30-26-23-20-17-14-11-8-5-2/h8,11,15-20,24-28,30,37,40,55H,4-7,9-10,12-14,21-23,29,31-36,38-39,41-54H2,1-3H3/b11-8-,18-15-,19-16-,20-17-,27-24-,28-25-,30-26-,40-37-/t55-/m1/s1. The number of carbonyl (C=O) groups excluding carboxylic acids is 3. The summed E-state index contributed by atoms with van der Waals surface area (Å²) < 4.78 is 16.8. The van der Waals surface area contributed by atoms with E-state index in [4.69, 9.17) is 14.2 Å². The fourth-order valence-electron chi connectivity index (χ4n) is 6.83. The van der Waals surface area contributed by atoms with Crippen molar-refractivity contribution in [2.75, 3.05) is 13.2 Å². The number of hydrogen-bond acceptors (Lipinski definition) is 6. The molecule has 0 saturated carbocycles. The van der Waals surface area contributed by atoms with Gasteiger partial charge < -0.3 is 14.2 Å². The van der Waals surface area contributed by atoms with E-state index in [1.54, 1.807) is 0 Å². The molecule has 364 valence electrons. The minimum atomic E-state index is -0.809. The summed E-state index contributed by atoms with van der Waals surface area (Å²) in [7, 11) is 0. The first kappa shape index (κ1) is 60.3. The molecule has 0 aliphatic carbocycles. The van der Waals surface area contributed by atoms with Crippen LogP contribution >= 0.6 is 0 Å². The summed E-state index contributed by atoms with van der Waals surface area (Å²) in [5, 5.41) is 0. The van der Waals surface area contributed by atoms with Gasteiger partial charge in [-0.15, -0.1) is 0 Å². The van der Waals surface area contributed by atoms with Crippen LogP contribution in [0.25, 0.3) is 0 Å². The number of unbranched alkanes of at least 4 members (excludes halogenated alkanes) is 19. The lowest BCUT2D eigenvalue weighted by molar-refractivity contribution is -0.167. The van der Waals surface area contributed by atoms with Gasteiger partial charge in [-0.1, -0.05) is 195 Å². The van der Waals surface area contributed by atoms with Gasteiger partial charge >= 0.3 is 17.9 Å². The predicted molar refractivity (Wildman–Crippen MR) is 274 cm³/mol. The van der Waals surface area contributed by atoms with E-state index in [0.29, 0.717) is 19.3 Å². The average Bonchev–Trinajstić information content (AvgIpc) is 3.29. The Balaban J connectivity index is 4.49. The maximum absolute atomic E-state index is 12.8. The predicted octanol–water partition coefficient (Wildman–Crippen LogP) is 17.4. The number of esters is 3. The van der Waals surface area contributed by atoms with Gasteiger partial charge in [-0.2, -0.15) is 0 Å². The van der Waals surface area contributed by atoms with Crippen molar-refractivity contribution in [3.05, 3.63) is 97.2 Å². The zero-order valence-corrected chi connectivity index (χ0v) is 41.5. The lowest BCUT2D eigenvalue weighted by Gasteiger charge is -2.18. The Morgan fingerprint density at radius 3 is 1.03 bits per heavy atom. The highest BCUT2D eigenvalue weighted by molar-refractivity contribution is 5.71. The van der Waals surface area contributed by atoms with Crippen molar-refractivity contribution in [1.82, 2.24) is 0 Å². The molecular formula is C58H96O6. The van der Waals surface area contributed by atoms with Crippen molar-refractivity contribution in [3.8, 4) is 0 Å². The fourth-order valence-corrected chi connectivity index (χ4v) is 6.83. The molecule has 0 aliphatic heterocycles. The van der Waals surface area contributed by atoms with Crippen LogP contribution in [0.1, 0.15) is 233 Å². The Labute approximate surface area is 394 Å². The maximum atomic E-state index is 12.8. The van der Waals surface area contributed by atoms with E-state index >= 15 is 0 Å². The Bertz CT molecular complexity index is 1300. The van der Waals surface area contributed by atoms with Crippen molar-refractivity contribution in [2.24, 2.45) is 0 Å². The maximum Gasteiger partial charge on any atom is 0.306 e. The minimum Gasteiger partial charge on any atom is -0.462 e. The van der Waals surface area contributed by atoms with E-state index in [1.165, 1.54) is 70.6 Å². The first-order chi connectivity index (χ1) is 31.5. The van der Waals surface area contributed by atoms with E-state index < -0.39 is 6.10 Å². The molecule has 0 aromatic carbocycles. The Hall–Kier alpha value is -3.67. The highest BCUT2D eigenvalue weighted by atomic mass is 16.6. The highest BCUT2D eigenvalue weighted by Gasteiger charge is 2.19. The minimum absolute atomic E-state index is 0.104. The third-order valence-corrected chi connectivity index (χ3v) is 10.8. The molecule has 0 bridgehead atoms. The van der Waals surface area contributed by atoms with Gasteiger partial charge in [0.15, 0.2) is 6.10 Å². The molecular weight excluding hydrogens is 793 g/mol. The molecule has 0 spiro atoms. The number of allylic oxidation sites excluding steroid dienone is 16. The van der Waals surface area contributed by atoms with Crippen LogP contribution < -0.4 is 0 Å². The second-order valence-electron chi connectivity index (χ2n) is 17.0. The molecule has 0 rings (SSSR count). The quantitative estimate of drug-likeness (QED) is 0.0262. The second-order valence-corrected chi connectivity index (χ2v) is 17.0. The van der Waals surface area contributed by atoms with E-state index in [0.717, 1.165) is 116 Å². The molecule has 0 saturated heterocycles. The highest BCUT2D eigenvalue weighted by Crippen LogP contribution is 2.13. The van der Waals surface area contributed by atoms with E-state index in [9.17, 15) is 14.4 Å². The molecule has 0 heterocycles. The summed E-state index contributed by atoms with van der Waals surface area (Å²) in [5.74, 6) is -0.970. The topological polar surface area (TPSA) is 78.9 Å². The van der Waals surface area contributed by atoms with Gasteiger partial charge in [0.25, 0.3) is 0 Å². The molecule has 0 N–H and O–H groups in total. The summed E-state index contributed by atoms with van der Waals surface area (Å²) in [5.41, 5.74) is 0. The Kier molecular flexibility index (Phi) is 49.0. The van der Waals surface area contributed by atoms with Gasteiger partial charge in [-0.3, -0.25) is 14.4 Å². The van der Waals surface area contributed by atoms with Crippen molar-refractivity contribution in [1.29, 1.82) is 0 Å². The monoisotopic (exact) mass is 889 g/mol. The molecule has 6 heteroatoms. The molecule has 64 heavy (non-hydrogen) atoms. The number of hydrogen-bond donors (Lipinski definition) is 0. The SMILES string of the molecule is CC/C=C\C/C=C\C/C=C\C/C=C\CCCCC(=O)O[C@H](COC(=O)CCCCCCC/C=C\C/C=C\CCCC)COC(=O)CCCCCCCCC/C=C\C/C=C\CCCCC. The molecule has 0 aromatic heterocycles. The first-order valence-corrected chi connectivity index (χ1v) is 26.2. The molecule has 0 fully saturated rings. The van der Waals surface area contributed by atoms with Crippen LogP contribution in [-0.2, 0) is 28.6 Å². The van der Waals surface area contributed by atoms with E-state index in [1.807, 2.05) is 0 Å². The van der Waals surface area contributed by atoms with Crippen LogP contribution in [0.5, 0.6) is 0 Å². The zero-order chi connectivity index (χ0) is 46.5. The van der Waals surface area contributed by atoms with Crippen molar-refractivity contribution in [2.45, 2.75) is 239 Å². The van der Waals surface area contributed by atoms with Gasteiger partial charge in [0.2, 0.25) is 0 Å². The van der Waals surface area contributed by atoms with Crippen molar-refractivity contribution in [3.63, 3.8) is 0 Å². The zero-order valence-electron chi connectivity index (χ0n) is 41.5. The third kappa shape index (κ3) is 49.3. The largest absolute Gasteiger partial charge is 0.462 e. The molecule has 0 aromatic rings. The summed E-state index contributed by atoms with van der Waals surface area (Å²) >= 11 is 0. The number of ether oxygens (including phenoxy) is 3.